The molecule has 0 radical (unpaired) electrons. The van der Waals surface area contributed by atoms with Gasteiger partial charge in [-0.3, -0.25) is 0 Å². The zero-order valence-corrected chi connectivity index (χ0v) is 8.53. The minimum atomic E-state index is -1.33. The molecular formula is C10H13ClFN. The Bertz CT molecular complexity index is 269. The van der Waals surface area contributed by atoms with Gasteiger partial charge in [-0.1, -0.05) is 23.7 Å². The molecular weight excluding hydrogens is 189 g/mol. The van der Waals surface area contributed by atoms with Gasteiger partial charge in [-0.05, 0) is 31.7 Å². The summed E-state index contributed by atoms with van der Waals surface area (Å²) in [6.45, 7) is 1.85. The van der Waals surface area contributed by atoms with Crippen LogP contribution in [0.3, 0.4) is 0 Å². The molecule has 0 amide bonds. The van der Waals surface area contributed by atoms with E-state index in [1.807, 2.05) is 0 Å². The van der Waals surface area contributed by atoms with Crippen molar-refractivity contribution in [3.8, 4) is 0 Å². The van der Waals surface area contributed by atoms with Crippen molar-refractivity contribution < 1.29 is 4.39 Å². The number of nitrogens with one attached hydrogen (secondary N) is 1. The highest BCUT2D eigenvalue weighted by Crippen LogP contribution is 2.25. The number of alkyl halides is 1. The quantitative estimate of drug-likeness (QED) is 0.793. The average molecular weight is 202 g/mol. The SMILES string of the molecule is CNCC(C)(F)c1ccc(Cl)cc1. The lowest BCUT2D eigenvalue weighted by Crippen LogP contribution is -2.29. The molecule has 0 aliphatic rings. The number of benzene rings is 1. The van der Waals surface area contributed by atoms with Crippen LogP contribution in [0.1, 0.15) is 12.5 Å². The second-order valence-electron chi connectivity index (χ2n) is 3.23. The largest absolute Gasteiger partial charge is 0.316 e. The topological polar surface area (TPSA) is 12.0 Å². The van der Waals surface area contributed by atoms with Gasteiger partial charge in [0, 0.05) is 11.6 Å². The predicted octanol–water partition coefficient (Wildman–Crippen LogP) is 2.74. The monoisotopic (exact) mass is 201 g/mol. The van der Waals surface area contributed by atoms with E-state index in [2.05, 4.69) is 5.32 Å². The van der Waals surface area contributed by atoms with Crippen molar-refractivity contribution in [1.82, 2.24) is 5.32 Å². The number of hydrogen-bond acceptors (Lipinski definition) is 1. The summed E-state index contributed by atoms with van der Waals surface area (Å²) in [5.74, 6) is 0. The molecule has 0 saturated carbocycles. The molecule has 13 heavy (non-hydrogen) atoms. The zero-order valence-electron chi connectivity index (χ0n) is 7.77. The zero-order chi connectivity index (χ0) is 9.90. The first kappa shape index (κ1) is 10.5. The Morgan fingerprint density at radius 2 is 1.92 bits per heavy atom. The highest BCUT2D eigenvalue weighted by Gasteiger charge is 2.24. The van der Waals surface area contributed by atoms with Crippen molar-refractivity contribution in [3.63, 3.8) is 0 Å². The van der Waals surface area contributed by atoms with E-state index in [1.165, 1.54) is 0 Å². The highest BCUT2D eigenvalue weighted by molar-refractivity contribution is 6.30. The summed E-state index contributed by atoms with van der Waals surface area (Å²) in [6, 6.07) is 6.81. The van der Waals surface area contributed by atoms with Gasteiger partial charge in [0.2, 0.25) is 0 Å². The van der Waals surface area contributed by atoms with Gasteiger partial charge >= 0.3 is 0 Å². The van der Waals surface area contributed by atoms with Crippen molar-refractivity contribution >= 4 is 11.6 Å². The van der Waals surface area contributed by atoms with Crippen LogP contribution >= 0.6 is 11.6 Å². The molecule has 1 atom stereocenters. The van der Waals surface area contributed by atoms with Crippen molar-refractivity contribution in [3.05, 3.63) is 34.9 Å². The number of halogens is 2. The third kappa shape index (κ3) is 2.68. The average Bonchev–Trinajstić information content (AvgIpc) is 2.05. The van der Waals surface area contributed by atoms with Crippen LogP contribution in [0, 0.1) is 0 Å². The van der Waals surface area contributed by atoms with Gasteiger partial charge in [-0.15, -0.1) is 0 Å². The van der Waals surface area contributed by atoms with Crippen LogP contribution in [0.4, 0.5) is 4.39 Å². The summed E-state index contributed by atoms with van der Waals surface area (Å²) in [5.41, 5.74) is -0.689. The summed E-state index contributed by atoms with van der Waals surface area (Å²) in [7, 11) is 1.73. The van der Waals surface area contributed by atoms with Crippen LogP contribution in [0.15, 0.2) is 24.3 Å². The smallest absolute Gasteiger partial charge is 0.145 e. The standard InChI is InChI=1S/C10H13ClFN/c1-10(12,7-13-2)8-3-5-9(11)6-4-8/h3-6,13H,7H2,1-2H3. The predicted molar refractivity (Wildman–Crippen MR) is 53.8 cm³/mol. The van der Waals surface area contributed by atoms with Crippen LogP contribution in [0.2, 0.25) is 5.02 Å². The maximum Gasteiger partial charge on any atom is 0.145 e. The van der Waals surface area contributed by atoms with Crippen LogP contribution in [-0.4, -0.2) is 13.6 Å². The van der Waals surface area contributed by atoms with Crippen LogP contribution in [0.25, 0.3) is 0 Å². The van der Waals surface area contributed by atoms with Gasteiger partial charge in [-0.2, -0.15) is 0 Å². The molecule has 1 unspecified atom stereocenters. The maximum atomic E-state index is 13.8. The Balaban J connectivity index is 2.87. The molecule has 0 aliphatic heterocycles. The van der Waals surface area contributed by atoms with Gasteiger partial charge in [-0.25, -0.2) is 4.39 Å². The third-order valence-electron chi connectivity index (χ3n) is 1.95. The fourth-order valence-electron chi connectivity index (χ4n) is 1.23. The Labute approximate surface area is 82.9 Å². The molecule has 0 fully saturated rings. The van der Waals surface area contributed by atoms with Gasteiger partial charge in [0.05, 0.1) is 0 Å². The molecule has 3 heteroatoms. The lowest BCUT2D eigenvalue weighted by molar-refractivity contribution is 0.191. The van der Waals surface area contributed by atoms with Crippen molar-refractivity contribution in [2.45, 2.75) is 12.6 Å². The second-order valence-corrected chi connectivity index (χ2v) is 3.67. The van der Waals surface area contributed by atoms with Crippen LogP contribution < -0.4 is 5.32 Å². The number of rotatable bonds is 3. The first-order valence-electron chi connectivity index (χ1n) is 4.16. The Hall–Kier alpha value is -0.600. The number of hydrogen-bond donors (Lipinski definition) is 1. The summed E-state index contributed by atoms with van der Waals surface area (Å²) in [4.78, 5) is 0. The maximum absolute atomic E-state index is 13.8. The van der Waals surface area contributed by atoms with E-state index in [4.69, 9.17) is 11.6 Å². The first-order valence-corrected chi connectivity index (χ1v) is 4.53. The molecule has 1 N–H and O–H groups in total. The van der Waals surface area contributed by atoms with E-state index in [-0.39, 0.29) is 0 Å². The normalized spacial score (nSPS) is 15.4. The highest BCUT2D eigenvalue weighted by atomic mass is 35.5. The van der Waals surface area contributed by atoms with E-state index < -0.39 is 5.67 Å². The lowest BCUT2D eigenvalue weighted by atomic mass is 9.98. The van der Waals surface area contributed by atoms with Crippen LogP contribution in [0.5, 0.6) is 0 Å². The Kier molecular flexibility index (Phi) is 3.28. The third-order valence-corrected chi connectivity index (χ3v) is 2.21. The number of likely N-dealkylation sites (N-methyl/N-ethyl adjacent to an activating group) is 1. The Morgan fingerprint density at radius 1 is 1.38 bits per heavy atom. The second kappa shape index (κ2) is 4.07. The van der Waals surface area contributed by atoms with Crippen molar-refractivity contribution in [2.75, 3.05) is 13.6 Å². The minimum Gasteiger partial charge on any atom is -0.316 e. The van der Waals surface area contributed by atoms with Crippen LogP contribution in [-0.2, 0) is 5.67 Å². The molecule has 0 spiro atoms. The summed E-state index contributed by atoms with van der Waals surface area (Å²) < 4.78 is 13.8. The molecule has 0 aliphatic carbocycles. The van der Waals surface area contributed by atoms with Crippen molar-refractivity contribution in [2.24, 2.45) is 0 Å². The summed E-state index contributed by atoms with van der Waals surface area (Å²) >= 11 is 5.70. The molecule has 1 rings (SSSR count). The van der Waals surface area contributed by atoms with Crippen molar-refractivity contribution in [1.29, 1.82) is 0 Å². The van der Waals surface area contributed by atoms with Gasteiger partial charge < -0.3 is 5.32 Å². The van der Waals surface area contributed by atoms with E-state index in [1.54, 1.807) is 38.2 Å². The molecule has 1 nitrogen and oxygen atoms in total. The van der Waals surface area contributed by atoms with Gasteiger partial charge in [0.15, 0.2) is 0 Å². The summed E-state index contributed by atoms with van der Waals surface area (Å²) in [5, 5.41) is 3.44. The van der Waals surface area contributed by atoms with E-state index in [0.717, 1.165) is 0 Å². The van der Waals surface area contributed by atoms with Gasteiger partial charge in [0.1, 0.15) is 5.67 Å². The molecule has 1 aromatic carbocycles. The Morgan fingerprint density at radius 3 is 2.38 bits per heavy atom. The fourth-order valence-corrected chi connectivity index (χ4v) is 1.36. The van der Waals surface area contributed by atoms with E-state index >= 15 is 0 Å². The molecule has 0 heterocycles. The lowest BCUT2D eigenvalue weighted by Gasteiger charge is -2.20. The van der Waals surface area contributed by atoms with E-state index in [0.29, 0.717) is 17.1 Å². The fraction of sp³-hybridized carbons (Fsp3) is 0.400. The van der Waals surface area contributed by atoms with E-state index in [9.17, 15) is 4.39 Å². The minimum absolute atomic E-state index is 0.300. The molecule has 0 saturated heterocycles. The molecule has 0 bridgehead atoms. The molecule has 1 aromatic rings. The summed E-state index contributed by atoms with van der Waals surface area (Å²) in [6.07, 6.45) is 0. The van der Waals surface area contributed by atoms with Gasteiger partial charge in [0.25, 0.3) is 0 Å². The first-order chi connectivity index (χ1) is 6.06. The molecule has 0 aromatic heterocycles. The molecule has 72 valence electrons.